The van der Waals surface area contributed by atoms with Gasteiger partial charge < -0.3 is 9.05 Å². The molecule has 0 aliphatic carbocycles. The van der Waals surface area contributed by atoms with Crippen molar-refractivity contribution in [3.05, 3.63) is 0 Å². The fourth-order valence-electron chi connectivity index (χ4n) is 0.804. The Morgan fingerprint density at radius 2 is 1.42 bits per heavy atom. The standard InChI is InChI=1S/C8H21O2PSi/c1-6-9-11(10-7-2)8-12(3,4)5/h6-8H2,1-5H3. The first kappa shape index (κ1) is 12.6. The largest absolute Gasteiger partial charge is 0.335 e. The molecule has 0 saturated carbocycles. The smallest absolute Gasteiger partial charge is 0.167 e. The van der Waals surface area contributed by atoms with Crippen LogP contribution in [-0.4, -0.2) is 27.1 Å². The summed E-state index contributed by atoms with van der Waals surface area (Å²) in [7, 11) is -1.60. The molecule has 0 aliphatic rings. The molecule has 0 heterocycles. The molecule has 0 aromatic carbocycles. The van der Waals surface area contributed by atoms with Crippen LogP contribution in [0.4, 0.5) is 0 Å². The van der Waals surface area contributed by atoms with Crippen LogP contribution in [0, 0.1) is 0 Å². The fraction of sp³-hybridized carbons (Fsp3) is 1.00. The molecule has 12 heavy (non-hydrogen) atoms. The molecule has 0 N–H and O–H groups in total. The SMILES string of the molecule is CCOP(C[Si](C)(C)C)OCC. The average Bonchev–Trinajstić information content (AvgIpc) is 1.84. The van der Waals surface area contributed by atoms with E-state index < -0.39 is 16.4 Å². The van der Waals surface area contributed by atoms with Gasteiger partial charge in [-0.2, -0.15) is 0 Å². The number of hydrogen-bond acceptors (Lipinski definition) is 2. The Kier molecular flexibility index (Phi) is 6.37. The van der Waals surface area contributed by atoms with E-state index in [2.05, 4.69) is 19.6 Å². The van der Waals surface area contributed by atoms with Crippen LogP contribution in [0.3, 0.4) is 0 Å². The first-order valence-electron chi connectivity index (χ1n) is 4.53. The Labute approximate surface area is 78.6 Å². The van der Waals surface area contributed by atoms with E-state index in [4.69, 9.17) is 9.05 Å². The summed E-state index contributed by atoms with van der Waals surface area (Å²) in [5, 5.41) is 0. The van der Waals surface area contributed by atoms with Crippen molar-refractivity contribution in [2.24, 2.45) is 0 Å². The third-order valence-electron chi connectivity index (χ3n) is 1.15. The molecule has 0 aliphatic heterocycles. The summed E-state index contributed by atoms with van der Waals surface area (Å²) in [5.41, 5.74) is 0. The lowest BCUT2D eigenvalue weighted by molar-refractivity contribution is 0.272. The Morgan fingerprint density at radius 1 is 1.00 bits per heavy atom. The van der Waals surface area contributed by atoms with Gasteiger partial charge in [-0.25, -0.2) is 0 Å². The average molecular weight is 208 g/mol. The van der Waals surface area contributed by atoms with E-state index in [0.29, 0.717) is 0 Å². The summed E-state index contributed by atoms with van der Waals surface area (Å²) in [5.74, 6) is 1.16. The second kappa shape index (κ2) is 6.09. The zero-order chi connectivity index (χ0) is 9.61. The van der Waals surface area contributed by atoms with Crippen LogP contribution in [0.2, 0.25) is 19.6 Å². The van der Waals surface area contributed by atoms with Crippen molar-refractivity contribution in [3.63, 3.8) is 0 Å². The molecule has 0 atom stereocenters. The van der Waals surface area contributed by atoms with Crippen LogP contribution in [0.25, 0.3) is 0 Å². The van der Waals surface area contributed by atoms with Crippen LogP contribution in [-0.2, 0) is 9.05 Å². The summed E-state index contributed by atoms with van der Waals surface area (Å²) in [6.07, 6.45) is 0. The monoisotopic (exact) mass is 208 g/mol. The van der Waals surface area contributed by atoms with Gasteiger partial charge in [0.2, 0.25) is 0 Å². The van der Waals surface area contributed by atoms with Gasteiger partial charge in [0.1, 0.15) is 0 Å². The minimum absolute atomic E-state index is 0.587. The van der Waals surface area contributed by atoms with Gasteiger partial charge in [-0.1, -0.05) is 19.6 Å². The lowest BCUT2D eigenvalue weighted by atomic mass is 10.9. The molecule has 0 bridgehead atoms. The van der Waals surface area contributed by atoms with Gasteiger partial charge in [0.05, 0.1) is 21.3 Å². The molecule has 0 spiro atoms. The summed E-state index contributed by atoms with van der Waals surface area (Å²) >= 11 is 0. The lowest BCUT2D eigenvalue weighted by Gasteiger charge is -2.22. The second-order valence-electron chi connectivity index (χ2n) is 3.89. The van der Waals surface area contributed by atoms with Crippen molar-refractivity contribution in [2.45, 2.75) is 33.5 Å². The second-order valence-corrected chi connectivity index (χ2v) is 11.5. The molecule has 0 saturated heterocycles. The normalized spacial score (nSPS) is 12.5. The molecule has 0 fully saturated rings. The van der Waals surface area contributed by atoms with Gasteiger partial charge >= 0.3 is 0 Å². The quantitative estimate of drug-likeness (QED) is 0.493. The molecule has 0 radical (unpaired) electrons. The molecule has 4 heteroatoms. The van der Waals surface area contributed by atoms with Gasteiger partial charge in [0.25, 0.3) is 0 Å². The molecule has 2 nitrogen and oxygen atoms in total. The molecule has 74 valence electrons. The van der Waals surface area contributed by atoms with Crippen molar-refractivity contribution >= 4 is 16.4 Å². The molecule has 0 aromatic rings. The van der Waals surface area contributed by atoms with Gasteiger partial charge in [-0.15, -0.1) is 0 Å². The third-order valence-corrected chi connectivity index (χ3v) is 7.07. The molecule has 0 rings (SSSR count). The minimum Gasteiger partial charge on any atom is -0.335 e. The highest BCUT2D eigenvalue weighted by molar-refractivity contribution is 7.50. The van der Waals surface area contributed by atoms with E-state index in [1.54, 1.807) is 0 Å². The Balaban J connectivity index is 3.77. The minimum atomic E-state index is -1.02. The fourth-order valence-corrected chi connectivity index (χ4v) is 5.28. The van der Waals surface area contributed by atoms with Crippen molar-refractivity contribution < 1.29 is 9.05 Å². The first-order valence-corrected chi connectivity index (χ1v) is 9.60. The van der Waals surface area contributed by atoms with Crippen LogP contribution in [0.5, 0.6) is 0 Å². The van der Waals surface area contributed by atoms with Crippen molar-refractivity contribution in [2.75, 3.05) is 19.0 Å². The maximum absolute atomic E-state index is 5.54. The zero-order valence-electron chi connectivity index (χ0n) is 8.89. The predicted molar refractivity (Wildman–Crippen MR) is 58.4 cm³/mol. The van der Waals surface area contributed by atoms with E-state index in [1.807, 2.05) is 13.8 Å². The van der Waals surface area contributed by atoms with E-state index in [0.717, 1.165) is 19.0 Å². The number of hydrogen-bond donors (Lipinski definition) is 0. The van der Waals surface area contributed by atoms with E-state index in [9.17, 15) is 0 Å². The van der Waals surface area contributed by atoms with Crippen LogP contribution in [0.1, 0.15) is 13.8 Å². The summed E-state index contributed by atoms with van der Waals surface area (Å²) in [6, 6.07) is 0. The Bertz CT molecular complexity index is 108. The predicted octanol–water partition coefficient (Wildman–Crippen LogP) is 3.25. The van der Waals surface area contributed by atoms with Crippen molar-refractivity contribution in [1.82, 2.24) is 0 Å². The van der Waals surface area contributed by atoms with Gasteiger partial charge in [-0.3, -0.25) is 0 Å². The lowest BCUT2D eigenvalue weighted by Crippen LogP contribution is -2.25. The van der Waals surface area contributed by atoms with E-state index in [1.165, 1.54) is 0 Å². The maximum Gasteiger partial charge on any atom is 0.167 e. The first-order chi connectivity index (χ1) is 5.49. The van der Waals surface area contributed by atoms with Crippen LogP contribution >= 0.6 is 8.38 Å². The van der Waals surface area contributed by atoms with Crippen LogP contribution in [0.15, 0.2) is 0 Å². The highest BCUT2D eigenvalue weighted by atomic mass is 31.2. The Hall–Kier alpha value is 0.567. The maximum atomic E-state index is 5.54. The van der Waals surface area contributed by atoms with Crippen molar-refractivity contribution in [3.8, 4) is 0 Å². The topological polar surface area (TPSA) is 18.5 Å². The Morgan fingerprint density at radius 3 is 1.67 bits per heavy atom. The van der Waals surface area contributed by atoms with Gasteiger partial charge in [0.15, 0.2) is 8.38 Å². The van der Waals surface area contributed by atoms with E-state index >= 15 is 0 Å². The van der Waals surface area contributed by atoms with Crippen molar-refractivity contribution in [1.29, 1.82) is 0 Å². The summed E-state index contributed by atoms with van der Waals surface area (Å²) < 4.78 is 11.1. The highest BCUT2D eigenvalue weighted by Gasteiger charge is 2.21. The molecule has 0 amide bonds. The number of rotatable bonds is 6. The third kappa shape index (κ3) is 7.23. The van der Waals surface area contributed by atoms with Crippen LogP contribution < -0.4 is 0 Å². The van der Waals surface area contributed by atoms with Gasteiger partial charge in [-0.05, 0) is 13.8 Å². The van der Waals surface area contributed by atoms with E-state index in [-0.39, 0.29) is 0 Å². The molecule has 0 aromatic heterocycles. The molecule has 0 unspecified atom stereocenters. The summed E-state index contributed by atoms with van der Waals surface area (Å²) in [6.45, 7) is 12.6. The highest BCUT2D eigenvalue weighted by Crippen LogP contribution is 2.40. The zero-order valence-corrected chi connectivity index (χ0v) is 10.8. The molecular weight excluding hydrogens is 187 g/mol. The summed E-state index contributed by atoms with van der Waals surface area (Å²) in [4.78, 5) is 0. The molecular formula is C8H21O2PSi. The van der Waals surface area contributed by atoms with Gasteiger partial charge in [0, 0.05) is 5.79 Å².